The monoisotopic (exact) mass is 693 g/mol. The van der Waals surface area contributed by atoms with Crippen LogP contribution >= 0.6 is 22.9 Å². The van der Waals surface area contributed by atoms with Gasteiger partial charge in [-0.15, -0.1) is 11.3 Å². The first kappa shape index (κ1) is 33.0. The van der Waals surface area contributed by atoms with Gasteiger partial charge in [-0.25, -0.2) is 14.5 Å². The average molecular weight is 694 g/mol. The van der Waals surface area contributed by atoms with E-state index in [2.05, 4.69) is 15.3 Å². The fraction of sp³-hybridized carbons (Fsp3) is 0.417. The predicted molar refractivity (Wildman–Crippen MR) is 186 cm³/mol. The van der Waals surface area contributed by atoms with Crippen molar-refractivity contribution in [2.45, 2.75) is 70.8 Å². The second-order valence-corrected chi connectivity index (χ2v) is 15.2. The SMILES string of the molecule is Cc1cc2nc(-c3ccc4c(c3)c(C3CCN(C5CNC5)CC3)nn4C(F)F)sc2c(-c2ccc(Cl)cc2)c1[C@H](OC(C)(C)C)C(=O)O. The second kappa shape index (κ2) is 12.8. The number of ether oxygens (including phenoxy) is 1. The van der Waals surface area contributed by atoms with Crippen molar-refractivity contribution in [3.05, 3.63) is 70.4 Å². The van der Waals surface area contributed by atoms with Crippen LogP contribution in [0, 0.1) is 6.92 Å². The molecule has 12 heteroatoms. The molecular weight excluding hydrogens is 656 g/mol. The minimum Gasteiger partial charge on any atom is -0.479 e. The molecule has 48 heavy (non-hydrogen) atoms. The van der Waals surface area contributed by atoms with Gasteiger partial charge in [-0.05, 0) is 101 Å². The van der Waals surface area contributed by atoms with E-state index in [1.165, 1.54) is 11.3 Å². The number of hydrogen-bond donors (Lipinski definition) is 2. The fourth-order valence-corrected chi connectivity index (χ4v) is 8.23. The van der Waals surface area contributed by atoms with E-state index in [1.54, 1.807) is 18.2 Å². The molecule has 1 atom stereocenters. The molecule has 2 saturated heterocycles. The lowest BCUT2D eigenvalue weighted by molar-refractivity contribution is -0.160. The predicted octanol–water partition coefficient (Wildman–Crippen LogP) is 8.43. The van der Waals surface area contributed by atoms with Crippen LogP contribution < -0.4 is 5.32 Å². The lowest BCUT2D eigenvalue weighted by atomic mass is 9.90. The number of benzene rings is 3. The van der Waals surface area contributed by atoms with Crippen LogP contribution in [0.25, 0.3) is 42.8 Å². The maximum Gasteiger partial charge on any atom is 0.337 e. The number of aliphatic carboxylic acids is 1. The molecule has 0 amide bonds. The number of carbonyl (C=O) groups is 1. The number of hydrogen-bond acceptors (Lipinski definition) is 7. The number of carboxylic acid groups (broad SMARTS) is 1. The number of piperidine rings is 1. The Morgan fingerprint density at radius 2 is 1.77 bits per heavy atom. The molecule has 3 aromatic carbocycles. The number of rotatable bonds is 8. The standard InChI is InChI=1S/C36H38ClF2N5O3S/c1-19-15-26-32(29(20-5-8-23(37)9-6-20)28(19)31(34(45)46)47-36(2,3)4)48-33(41-26)22-7-10-27-25(16-22)30(42-44(27)35(38)39)21-11-13-43(14-12-21)24-17-40-18-24/h5-10,15-16,21,24,31,35,40H,11-14,17-18H2,1-4H3,(H,45,46)/t31-/m0/s1. The Morgan fingerprint density at radius 1 is 1.08 bits per heavy atom. The Morgan fingerprint density at radius 3 is 2.38 bits per heavy atom. The Hall–Kier alpha value is -3.48. The Kier molecular flexibility index (Phi) is 8.78. The van der Waals surface area contributed by atoms with Gasteiger partial charge in [0.15, 0.2) is 6.10 Å². The molecule has 8 nitrogen and oxygen atoms in total. The topological polar surface area (TPSA) is 92.5 Å². The molecule has 0 unspecified atom stereocenters. The van der Waals surface area contributed by atoms with Gasteiger partial charge in [0.25, 0.3) is 0 Å². The average Bonchev–Trinajstić information content (AvgIpc) is 3.60. The van der Waals surface area contributed by atoms with E-state index in [0.717, 1.165) is 76.0 Å². The highest BCUT2D eigenvalue weighted by atomic mass is 35.5. The number of nitrogens with one attached hydrogen (secondary N) is 1. The van der Waals surface area contributed by atoms with Gasteiger partial charge in [0.1, 0.15) is 5.01 Å². The smallest absolute Gasteiger partial charge is 0.337 e. The first-order valence-corrected chi connectivity index (χ1v) is 17.4. The van der Waals surface area contributed by atoms with E-state index in [1.807, 2.05) is 58.0 Å². The molecule has 0 aliphatic carbocycles. The molecule has 2 aliphatic heterocycles. The quantitative estimate of drug-likeness (QED) is 0.169. The molecule has 2 aromatic heterocycles. The summed E-state index contributed by atoms with van der Waals surface area (Å²) in [7, 11) is 0. The summed E-state index contributed by atoms with van der Waals surface area (Å²) in [5, 5.41) is 20.2. The van der Waals surface area contributed by atoms with Crippen molar-refractivity contribution in [1.29, 1.82) is 0 Å². The summed E-state index contributed by atoms with van der Waals surface area (Å²) in [5.74, 6) is -1.00. The maximum absolute atomic E-state index is 14.2. The minimum absolute atomic E-state index is 0.0832. The fourth-order valence-electron chi connectivity index (χ4n) is 6.98. The van der Waals surface area contributed by atoms with Gasteiger partial charge in [0, 0.05) is 52.1 Å². The highest BCUT2D eigenvalue weighted by Crippen LogP contribution is 2.45. The van der Waals surface area contributed by atoms with Crippen molar-refractivity contribution in [3.63, 3.8) is 0 Å². The number of aryl methyl sites for hydroxylation is 1. The number of likely N-dealkylation sites (tertiary alicyclic amines) is 1. The van der Waals surface area contributed by atoms with E-state index < -0.39 is 24.2 Å². The van der Waals surface area contributed by atoms with Gasteiger partial charge < -0.3 is 15.2 Å². The molecule has 5 aromatic rings. The van der Waals surface area contributed by atoms with E-state index in [4.69, 9.17) is 21.3 Å². The molecular formula is C36H38ClF2N5O3S. The number of fused-ring (bicyclic) bond motifs is 2. The molecule has 4 heterocycles. The summed E-state index contributed by atoms with van der Waals surface area (Å²) in [6.07, 6.45) is 0.507. The van der Waals surface area contributed by atoms with Gasteiger partial charge in [-0.1, -0.05) is 23.7 Å². The number of thiazole rings is 1. The molecule has 2 aliphatic rings. The van der Waals surface area contributed by atoms with Crippen LogP contribution in [0.5, 0.6) is 0 Å². The minimum atomic E-state index is -2.75. The summed E-state index contributed by atoms with van der Waals surface area (Å²) >= 11 is 7.69. The number of nitrogens with zero attached hydrogens (tertiary/aromatic N) is 4. The molecule has 0 spiro atoms. The van der Waals surface area contributed by atoms with Crippen LogP contribution in [-0.2, 0) is 9.53 Å². The molecule has 0 saturated carbocycles. The first-order chi connectivity index (χ1) is 22.9. The van der Waals surface area contributed by atoms with Crippen LogP contribution in [0.4, 0.5) is 8.78 Å². The third-order valence-corrected chi connectivity index (χ3v) is 10.8. The van der Waals surface area contributed by atoms with Crippen molar-refractivity contribution in [1.82, 2.24) is 25.0 Å². The normalized spacial score (nSPS) is 17.4. The van der Waals surface area contributed by atoms with Crippen LogP contribution in [-0.4, -0.2) is 68.6 Å². The lowest BCUT2D eigenvalue weighted by Crippen LogP contribution is -2.58. The summed E-state index contributed by atoms with van der Waals surface area (Å²) in [5.41, 5.74) is 4.71. The second-order valence-electron chi connectivity index (χ2n) is 13.8. The maximum atomic E-state index is 14.2. The number of carboxylic acids is 1. The van der Waals surface area contributed by atoms with E-state index >= 15 is 0 Å². The van der Waals surface area contributed by atoms with Crippen molar-refractivity contribution in [2.75, 3.05) is 26.2 Å². The Bertz CT molecular complexity index is 1990. The van der Waals surface area contributed by atoms with Gasteiger partial charge in [-0.2, -0.15) is 13.9 Å². The van der Waals surface area contributed by atoms with E-state index in [0.29, 0.717) is 38.4 Å². The highest BCUT2D eigenvalue weighted by molar-refractivity contribution is 7.22. The molecule has 0 radical (unpaired) electrons. The third-order valence-electron chi connectivity index (χ3n) is 9.38. The summed E-state index contributed by atoms with van der Waals surface area (Å²) in [4.78, 5) is 20.2. The lowest BCUT2D eigenvalue weighted by Gasteiger charge is -2.42. The van der Waals surface area contributed by atoms with Gasteiger partial charge in [-0.3, -0.25) is 4.90 Å². The number of aromatic nitrogens is 3. The summed E-state index contributed by atoms with van der Waals surface area (Å²) in [6, 6.07) is 15.2. The summed E-state index contributed by atoms with van der Waals surface area (Å²) in [6.45, 7) is 8.46. The van der Waals surface area contributed by atoms with Crippen LogP contribution in [0.15, 0.2) is 48.5 Å². The zero-order valence-electron chi connectivity index (χ0n) is 27.3. The van der Waals surface area contributed by atoms with Crippen molar-refractivity contribution < 1.29 is 23.4 Å². The largest absolute Gasteiger partial charge is 0.479 e. The molecule has 252 valence electrons. The van der Waals surface area contributed by atoms with Crippen LogP contribution in [0.1, 0.15) is 69.0 Å². The first-order valence-electron chi connectivity index (χ1n) is 16.2. The molecule has 2 N–H and O–H groups in total. The van der Waals surface area contributed by atoms with E-state index in [9.17, 15) is 18.7 Å². The van der Waals surface area contributed by atoms with E-state index in [-0.39, 0.29) is 5.92 Å². The number of alkyl halides is 2. The summed E-state index contributed by atoms with van der Waals surface area (Å²) < 4.78 is 36.2. The van der Waals surface area contributed by atoms with Crippen molar-refractivity contribution in [2.24, 2.45) is 0 Å². The highest BCUT2D eigenvalue weighted by Gasteiger charge is 2.34. The molecule has 0 bridgehead atoms. The van der Waals surface area contributed by atoms with Crippen molar-refractivity contribution >= 4 is 50.0 Å². The van der Waals surface area contributed by atoms with Gasteiger partial charge >= 0.3 is 12.5 Å². The van der Waals surface area contributed by atoms with Gasteiger partial charge in [0.2, 0.25) is 0 Å². The number of halogens is 3. The molecule has 7 rings (SSSR count). The Labute approximate surface area is 286 Å². The van der Waals surface area contributed by atoms with Crippen LogP contribution in [0.2, 0.25) is 5.02 Å². The van der Waals surface area contributed by atoms with Gasteiger partial charge in [0.05, 0.1) is 27.0 Å². The third kappa shape index (κ3) is 6.22. The molecule has 2 fully saturated rings. The van der Waals surface area contributed by atoms with Crippen molar-refractivity contribution in [3.8, 4) is 21.7 Å². The van der Waals surface area contributed by atoms with Crippen LogP contribution in [0.3, 0.4) is 0 Å². The zero-order valence-corrected chi connectivity index (χ0v) is 28.8. The zero-order chi connectivity index (χ0) is 33.9. The Balaban J connectivity index is 1.35.